The van der Waals surface area contributed by atoms with Gasteiger partial charge in [0, 0.05) is 5.56 Å². The second-order valence-corrected chi connectivity index (χ2v) is 3.66. The summed E-state index contributed by atoms with van der Waals surface area (Å²) in [4.78, 5) is 0. The van der Waals surface area contributed by atoms with Crippen LogP contribution < -0.4 is 0 Å². The smallest absolute Gasteiger partial charge is 0.125 e. The fourth-order valence-electron chi connectivity index (χ4n) is 1.67. The Morgan fingerprint density at radius 3 is 1.94 bits per heavy atom. The fraction of sp³-hybridized carbons (Fsp3) is 0.0714. The second-order valence-electron chi connectivity index (χ2n) is 3.66. The van der Waals surface area contributed by atoms with Crippen LogP contribution in [0.5, 0.6) is 0 Å². The predicted octanol–water partition coefficient (Wildman–Crippen LogP) is 2.60. The molecule has 0 saturated carbocycles. The molecule has 0 aliphatic rings. The van der Waals surface area contributed by atoms with E-state index in [0.29, 0.717) is 11.1 Å². The van der Waals surface area contributed by atoms with Gasteiger partial charge in [-0.05, 0) is 5.56 Å². The molecule has 2 aromatic rings. The van der Waals surface area contributed by atoms with E-state index in [1.807, 2.05) is 36.4 Å². The van der Waals surface area contributed by atoms with Gasteiger partial charge in [-0.3, -0.25) is 0 Å². The van der Waals surface area contributed by atoms with Crippen molar-refractivity contribution in [2.24, 2.45) is 5.16 Å². The van der Waals surface area contributed by atoms with E-state index in [1.54, 1.807) is 24.3 Å². The number of rotatable bonds is 3. The van der Waals surface area contributed by atoms with Gasteiger partial charge in [-0.15, -0.1) is 0 Å². The number of aliphatic hydroxyl groups is 1. The van der Waals surface area contributed by atoms with Crippen molar-refractivity contribution >= 4 is 5.71 Å². The number of hydrogen-bond acceptors (Lipinski definition) is 3. The number of benzene rings is 2. The normalized spacial score (nSPS) is 13.4. The van der Waals surface area contributed by atoms with Gasteiger partial charge in [0.05, 0.1) is 0 Å². The Bertz CT molecular complexity index is 494. The fourth-order valence-corrected chi connectivity index (χ4v) is 1.67. The number of hydrogen-bond donors (Lipinski definition) is 2. The van der Waals surface area contributed by atoms with Gasteiger partial charge in [-0.2, -0.15) is 0 Å². The SMILES string of the molecule is ON=C(c1ccccc1)[C@H](O)c1ccccc1. The predicted molar refractivity (Wildman–Crippen MR) is 66.2 cm³/mol. The van der Waals surface area contributed by atoms with Gasteiger partial charge >= 0.3 is 0 Å². The molecule has 17 heavy (non-hydrogen) atoms. The molecule has 86 valence electrons. The molecule has 0 spiro atoms. The zero-order chi connectivity index (χ0) is 12.1. The average Bonchev–Trinajstić information content (AvgIpc) is 2.42. The van der Waals surface area contributed by atoms with Gasteiger partial charge in [0.15, 0.2) is 0 Å². The highest BCUT2D eigenvalue weighted by Gasteiger charge is 2.17. The monoisotopic (exact) mass is 227 g/mol. The summed E-state index contributed by atoms with van der Waals surface area (Å²) in [6, 6.07) is 18.2. The minimum absolute atomic E-state index is 0.247. The lowest BCUT2D eigenvalue weighted by atomic mass is 9.99. The Balaban J connectivity index is 2.33. The quantitative estimate of drug-likeness (QED) is 0.481. The highest BCUT2D eigenvalue weighted by molar-refractivity contribution is 6.03. The largest absolute Gasteiger partial charge is 0.411 e. The van der Waals surface area contributed by atoms with Crippen LogP contribution in [0.3, 0.4) is 0 Å². The standard InChI is InChI=1S/C14H13NO2/c16-14(12-9-5-2-6-10-12)13(15-17)11-7-3-1-4-8-11/h1-10,14,16-17H/t14-/m1/s1. The summed E-state index contributed by atoms with van der Waals surface area (Å²) in [5.74, 6) is 0. The van der Waals surface area contributed by atoms with Crippen molar-refractivity contribution < 1.29 is 10.3 Å². The molecule has 0 heterocycles. The van der Waals surface area contributed by atoms with Crippen molar-refractivity contribution in [2.75, 3.05) is 0 Å². The maximum absolute atomic E-state index is 10.1. The first kappa shape index (κ1) is 11.4. The van der Waals surface area contributed by atoms with E-state index in [9.17, 15) is 5.11 Å². The van der Waals surface area contributed by atoms with Gasteiger partial charge in [-0.25, -0.2) is 0 Å². The molecule has 2 rings (SSSR count). The second kappa shape index (κ2) is 5.27. The molecule has 0 aliphatic carbocycles. The zero-order valence-corrected chi connectivity index (χ0v) is 9.19. The minimum Gasteiger partial charge on any atom is -0.411 e. The summed E-state index contributed by atoms with van der Waals surface area (Å²) in [5.41, 5.74) is 1.65. The van der Waals surface area contributed by atoms with Crippen molar-refractivity contribution in [3.05, 3.63) is 71.8 Å². The van der Waals surface area contributed by atoms with E-state index in [2.05, 4.69) is 5.16 Å². The molecule has 0 fully saturated rings. The summed E-state index contributed by atoms with van der Waals surface area (Å²) in [7, 11) is 0. The molecule has 0 amide bonds. The van der Waals surface area contributed by atoms with Gasteiger partial charge in [0.2, 0.25) is 0 Å². The molecule has 0 aromatic heterocycles. The van der Waals surface area contributed by atoms with Crippen molar-refractivity contribution in [3.8, 4) is 0 Å². The molecular weight excluding hydrogens is 214 g/mol. The average molecular weight is 227 g/mol. The Labute approximate surface area is 99.7 Å². The van der Waals surface area contributed by atoms with Crippen LogP contribution >= 0.6 is 0 Å². The molecule has 3 nitrogen and oxygen atoms in total. The lowest BCUT2D eigenvalue weighted by molar-refractivity contribution is 0.235. The molecule has 2 aromatic carbocycles. The molecule has 3 heteroatoms. The maximum atomic E-state index is 10.1. The van der Waals surface area contributed by atoms with Gasteiger partial charge in [-0.1, -0.05) is 65.8 Å². The first-order chi connectivity index (χ1) is 8.33. The molecule has 0 saturated heterocycles. The van der Waals surface area contributed by atoms with E-state index in [0.717, 1.165) is 0 Å². The van der Waals surface area contributed by atoms with Crippen LogP contribution in [0.2, 0.25) is 0 Å². The maximum Gasteiger partial charge on any atom is 0.125 e. The van der Waals surface area contributed by atoms with Crippen LogP contribution in [0.4, 0.5) is 0 Å². The highest BCUT2D eigenvalue weighted by atomic mass is 16.4. The molecule has 0 bridgehead atoms. The van der Waals surface area contributed by atoms with E-state index in [4.69, 9.17) is 5.21 Å². The molecule has 2 N–H and O–H groups in total. The lowest BCUT2D eigenvalue weighted by Gasteiger charge is -2.12. The van der Waals surface area contributed by atoms with E-state index >= 15 is 0 Å². The van der Waals surface area contributed by atoms with Gasteiger partial charge in [0.25, 0.3) is 0 Å². The van der Waals surface area contributed by atoms with Crippen LogP contribution in [0.25, 0.3) is 0 Å². The number of nitrogens with zero attached hydrogens (tertiary/aromatic N) is 1. The third kappa shape index (κ3) is 2.52. The summed E-state index contributed by atoms with van der Waals surface area (Å²) >= 11 is 0. The first-order valence-corrected chi connectivity index (χ1v) is 5.33. The summed E-state index contributed by atoms with van der Waals surface area (Å²) in [5, 5.41) is 22.4. The van der Waals surface area contributed by atoms with Crippen molar-refractivity contribution in [2.45, 2.75) is 6.10 Å². The van der Waals surface area contributed by atoms with E-state index in [-0.39, 0.29) is 5.71 Å². The molecule has 0 aliphatic heterocycles. The molecular formula is C14H13NO2. The molecule has 0 unspecified atom stereocenters. The van der Waals surface area contributed by atoms with Gasteiger partial charge < -0.3 is 10.3 Å². The number of aliphatic hydroxyl groups excluding tert-OH is 1. The third-order valence-corrected chi connectivity index (χ3v) is 2.55. The van der Waals surface area contributed by atoms with Gasteiger partial charge in [0.1, 0.15) is 11.8 Å². The Morgan fingerprint density at radius 2 is 1.41 bits per heavy atom. The molecule has 0 radical (unpaired) electrons. The highest BCUT2D eigenvalue weighted by Crippen LogP contribution is 2.18. The lowest BCUT2D eigenvalue weighted by Crippen LogP contribution is -2.13. The van der Waals surface area contributed by atoms with Crippen LogP contribution in [-0.4, -0.2) is 16.0 Å². The topological polar surface area (TPSA) is 52.8 Å². The zero-order valence-electron chi connectivity index (χ0n) is 9.19. The summed E-state index contributed by atoms with van der Waals surface area (Å²) in [6.07, 6.45) is -0.927. The van der Waals surface area contributed by atoms with Crippen LogP contribution in [0.1, 0.15) is 17.2 Å². The first-order valence-electron chi connectivity index (χ1n) is 5.33. The number of oxime groups is 1. The minimum atomic E-state index is -0.927. The molecule has 1 atom stereocenters. The van der Waals surface area contributed by atoms with Crippen LogP contribution in [0, 0.1) is 0 Å². The van der Waals surface area contributed by atoms with Crippen LogP contribution in [-0.2, 0) is 0 Å². The third-order valence-electron chi connectivity index (χ3n) is 2.55. The van der Waals surface area contributed by atoms with E-state index in [1.165, 1.54) is 0 Å². The summed E-state index contributed by atoms with van der Waals surface area (Å²) < 4.78 is 0. The Morgan fingerprint density at radius 1 is 0.882 bits per heavy atom. The van der Waals surface area contributed by atoms with E-state index < -0.39 is 6.10 Å². The van der Waals surface area contributed by atoms with Crippen LogP contribution in [0.15, 0.2) is 65.8 Å². The van der Waals surface area contributed by atoms with Crippen molar-refractivity contribution in [1.29, 1.82) is 0 Å². The Kier molecular flexibility index (Phi) is 3.52. The van der Waals surface area contributed by atoms with Crippen molar-refractivity contribution in [3.63, 3.8) is 0 Å². The Hall–Kier alpha value is -2.13. The summed E-state index contributed by atoms with van der Waals surface area (Å²) in [6.45, 7) is 0. The van der Waals surface area contributed by atoms with Crippen molar-refractivity contribution in [1.82, 2.24) is 0 Å².